The number of halogens is 1. The Hall–Kier alpha value is -2.01. The summed E-state index contributed by atoms with van der Waals surface area (Å²) in [5, 5.41) is 9.30. The van der Waals surface area contributed by atoms with Crippen LogP contribution in [0.4, 0.5) is 0 Å². The van der Waals surface area contributed by atoms with Crippen molar-refractivity contribution < 1.29 is 14.6 Å². The Morgan fingerprint density at radius 2 is 2.12 bits per heavy atom. The van der Waals surface area contributed by atoms with E-state index in [-0.39, 0.29) is 12.4 Å². The second-order valence-electron chi connectivity index (χ2n) is 3.30. The topological polar surface area (TPSA) is 75.2 Å². The van der Waals surface area contributed by atoms with Crippen LogP contribution in [0.15, 0.2) is 30.5 Å². The van der Waals surface area contributed by atoms with E-state index < -0.39 is 5.97 Å². The SMILES string of the molecule is O=C(O)c1ncc(COc2ccc(Cl)cc2)[nH]1. The maximum absolute atomic E-state index is 10.6. The van der Waals surface area contributed by atoms with E-state index in [4.69, 9.17) is 21.4 Å². The molecular weight excluding hydrogens is 244 g/mol. The van der Waals surface area contributed by atoms with Gasteiger partial charge in [-0.25, -0.2) is 9.78 Å². The molecule has 17 heavy (non-hydrogen) atoms. The van der Waals surface area contributed by atoms with E-state index in [1.807, 2.05) is 0 Å². The second-order valence-corrected chi connectivity index (χ2v) is 3.74. The van der Waals surface area contributed by atoms with Crippen molar-refractivity contribution in [1.82, 2.24) is 9.97 Å². The van der Waals surface area contributed by atoms with Gasteiger partial charge in [0.1, 0.15) is 12.4 Å². The van der Waals surface area contributed by atoms with Crippen LogP contribution in [-0.2, 0) is 6.61 Å². The third kappa shape index (κ3) is 2.98. The first-order valence-electron chi connectivity index (χ1n) is 4.80. The Balaban J connectivity index is 1.97. The molecule has 88 valence electrons. The Labute approximate surface area is 102 Å². The first-order chi connectivity index (χ1) is 8.15. The van der Waals surface area contributed by atoms with Gasteiger partial charge in [-0.05, 0) is 24.3 Å². The molecule has 2 N–H and O–H groups in total. The number of carboxylic acids is 1. The monoisotopic (exact) mass is 252 g/mol. The lowest BCUT2D eigenvalue weighted by molar-refractivity contribution is 0.0684. The number of hydrogen-bond acceptors (Lipinski definition) is 3. The first-order valence-corrected chi connectivity index (χ1v) is 5.18. The predicted molar refractivity (Wildman–Crippen MR) is 61.3 cm³/mol. The Kier molecular flexibility index (Phi) is 3.30. The Morgan fingerprint density at radius 1 is 1.41 bits per heavy atom. The summed E-state index contributed by atoms with van der Waals surface area (Å²) in [7, 11) is 0. The van der Waals surface area contributed by atoms with Crippen molar-refractivity contribution in [3.05, 3.63) is 47.0 Å². The van der Waals surface area contributed by atoms with E-state index in [1.54, 1.807) is 24.3 Å². The summed E-state index contributed by atoms with van der Waals surface area (Å²) in [4.78, 5) is 16.9. The number of rotatable bonds is 4. The molecule has 2 rings (SSSR count). The molecule has 2 aromatic rings. The van der Waals surface area contributed by atoms with Crippen molar-refractivity contribution in [2.45, 2.75) is 6.61 Å². The number of carboxylic acid groups (broad SMARTS) is 1. The molecule has 0 fully saturated rings. The average molecular weight is 253 g/mol. The number of hydrogen-bond donors (Lipinski definition) is 2. The first kappa shape index (κ1) is 11.5. The molecule has 6 heteroatoms. The fourth-order valence-corrected chi connectivity index (χ4v) is 1.36. The van der Waals surface area contributed by atoms with E-state index in [1.165, 1.54) is 6.20 Å². The highest BCUT2D eigenvalue weighted by Gasteiger charge is 2.07. The minimum Gasteiger partial charge on any atom is -0.487 e. The molecule has 0 radical (unpaired) electrons. The average Bonchev–Trinajstić information content (AvgIpc) is 2.77. The highest BCUT2D eigenvalue weighted by molar-refractivity contribution is 6.30. The van der Waals surface area contributed by atoms with Crippen molar-refractivity contribution in [2.75, 3.05) is 0 Å². The fourth-order valence-electron chi connectivity index (χ4n) is 1.23. The van der Waals surface area contributed by atoms with Crippen LogP contribution in [0.1, 0.15) is 16.3 Å². The van der Waals surface area contributed by atoms with Crippen LogP contribution < -0.4 is 4.74 Å². The van der Waals surface area contributed by atoms with E-state index in [2.05, 4.69) is 9.97 Å². The molecule has 0 spiro atoms. The number of aromatic nitrogens is 2. The van der Waals surface area contributed by atoms with Gasteiger partial charge >= 0.3 is 5.97 Å². The molecule has 0 aliphatic carbocycles. The van der Waals surface area contributed by atoms with Gasteiger partial charge in [-0.3, -0.25) is 0 Å². The highest BCUT2D eigenvalue weighted by atomic mass is 35.5. The number of nitrogens with zero attached hydrogens (tertiary/aromatic N) is 1. The largest absolute Gasteiger partial charge is 0.487 e. The Bertz CT molecular complexity index is 522. The summed E-state index contributed by atoms with van der Waals surface area (Å²) in [6.07, 6.45) is 1.43. The van der Waals surface area contributed by atoms with Gasteiger partial charge in [0.2, 0.25) is 5.82 Å². The Morgan fingerprint density at radius 3 is 2.71 bits per heavy atom. The van der Waals surface area contributed by atoms with Gasteiger partial charge in [0.05, 0.1) is 11.9 Å². The van der Waals surface area contributed by atoms with Gasteiger partial charge in [-0.15, -0.1) is 0 Å². The van der Waals surface area contributed by atoms with Crippen LogP contribution in [0.2, 0.25) is 5.02 Å². The summed E-state index contributed by atoms with van der Waals surface area (Å²) in [5.74, 6) is -0.539. The van der Waals surface area contributed by atoms with Crippen molar-refractivity contribution in [1.29, 1.82) is 0 Å². The summed E-state index contributed by atoms with van der Waals surface area (Å²) in [6.45, 7) is 0.224. The quantitative estimate of drug-likeness (QED) is 0.876. The third-order valence-electron chi connectivity index (χ3n) is 2.04. The van der Waals surface area contributed by atoms with E-state index in [9.17, 15) is 4.79 Å². The lowest BCUT2D eigenvalue weighted by Crippen LogP contribution is -2.00. The lowest BCUT2D eigenvalue weighted by Gasteiger charge is -2.03. The van der Waals surface area contributed by atoms with Gasteiger partial charge in [0.25, 0.3) is 0 Å². The molecule has 0 unspecified atom stereocenters. The molecule has 5 nitrogen and oxygen atoms in total. The molecule has 1 aromatic carbocycles. The molecule has 0 aliphatic rings. The lowest BCUT2D eigenvalue weighted by atomic mass is 10.3. The molecule has 1 heterocycles. The van der Waals surface area contributed by atoms with Gasteiger partial charge in [0.15, 0.2) is 0 Å². The molecule has 1 aromatic heterocycles. The van der Waals surface area contributed by atoms with Gasteiger partial charge in [-0.1, -0.05) is 11.6 Å². The minimum absolute atomic E-state index is 0.0975. The number of H-pyrrole nitrogens is 1. The zero-order valence-corrected chi connectivity index (χ0v) is 9.44. The minimum atomic E-state index is -1.09. The molecule has 0 aliphatic heterocycles. The van der Waals surface area contributed by atoms with Gasteiger partial charge in [0, 0.05) is 5.02 Å². The molecule has 0 atom stereocenters. The van der Waals surface area contributed by atoms with Crippen LogP contribution in [0.25, 0.3) is 0 Å². The zero-order chi connectivity index (χ0) is 12.3. The maximum atomic E-state index is 10.6. The number of benzene rings is 1. The van der Waals surface area contributed by atoms with Gasteiger partial charge < -0.3 is 14.8 Å². The highest BCUT2D eigenvalue weighted by Crippen LogP contribution is 2.16. The number of ether oxygens (including phenoxy) is 1. The van der Waals surface area contributed by atoms with E-state index in [0.29, 0.717) is 16.5 Å². The van der Waals surface area contributed by atoms with Crippen LogP contribution >= 0.6 is 11.6 Å². The summed E-state index contributed by atoms with van der Waals surface area (Å²) in [6, 6.07) is 6.90. The number of aromatic carboxylic acids is 1. The zero-order valence-electron chi connectivity index (χ0n) is 8.68. The number of nitrogens with one attached hydrogen (secondary N) is 1. The summed E-state index contributed by atoms with van der Waals surface area (Å²) >= 11 is 5.73. The van der Waals surface area contributed by atoms with E-state index in [0.717, 1.165) is 0 Å². The van der Waals surface area contributed by atoms with Crippen LogP contribution in [0.3, 0.4) is 0 Å². The van der Waals surface area contributed by atoms with Crippen molar-refractivity contribution >= 4 is 17.6 Å². The maximum Gasteiger partial charge on any atom is 0.371 e. The van der Waals surface area contributed by atoms with E-state index >= 15 is 0 Å². The fraction of sp³-hybridized carbons (Fsp3) is 0.0909. The summed E-state index contributed by atoms with van der Waals surface area (Å²) < 4.78 is 5.42. The normalized spacial score (nSPS) is 10.2. The molecule has 0 saturated heterocycles. The van der Waals surface area contributed by atoms with Crippen molar-refractivity contribution in [3.8, 4) is 5.75 Å². The smallest absolute Gasteiger partial charge is 0.371 e. The number of aromatic amines is 1. The number of carbonyl (C=O) groups is 1. The molecule has 0 amide bonds. The number of imidazole rings is 1. The molecular formula is C11H9ClN2O3. The van der Waals surface area contributed by atoms with Crippen LogP contribution in [0, 0.1) is 0 Å². The molecule has 0 saturated carbocycles. The second kappa shape index (κ2) is 4.88. The van der Waals surface area contributed by atoms with Crippen LogP contribution in [-0.4, -0.2) is 21.0 Å². The van der Waals surface area contributed by atoms with Crippen molar-refractivity contribution in [2.24, 2.45) is 0 Å². The van der Waals surface area contributed by atoms with Crippen molar-refractivity contribution in [3.63, 3.8) is 0 Å². The predicted octanol–water partition coefficient (Wildman–Crippen LogP) is 2.34. The standard InChI is InChI=1S/C11H9ClN2O3/c12-7-1-3-9(4-2-7)17-6-8-5-13-10(14-8)11(15)16/h1-5H,6H2,(H,13,14)(H,15,16). The summed E-state index contributed by atoms with van der Waals surface area (Å²) in [5.41, 5.74) is 0.595. The van der Waals surface area contributed by atoms with Crippen LogP contribution in [0.5, 0.6) is 5.75 Å². The van der Waals surface area contributed by atoms with Gasteiger partial charge in [-0.2, -0.15) is 0 Å². The third-order valence-corrected chi connectivity index (χ3v) is 2.29. The molecule has 0 bridgehead atoms.